The molecule has 0 aromatic heterocycles. The quantitative estimate of drug-likeness (QED) is 0.496. The van der Waals surface area contributed by atoms with Crippen LogP contribution in [0.15, 0.2) is 64.5 Å². The molecule has 0 unspecified atom stereocenters. The van der Waals surface area contributed by atoms with Gasteiger partial charge in [0.1, 0.15) is 0 Å². The Morgan fingerprint density at radius 1 is 1.25 bits per heavy atom. The van der Waals surface area contributed by atoms with E-state index in [1.807, 2.05) is 36.4 Å². The molecule has 0 atom stereocenters. The zero-order chi connectivity index (χ0) is 14.4. The minimum Gasteiger partial charge on any atom is -0.380 e. The maximum atomic E-state index is 6.23. The second kappa shape index (κ2) is 7.77. The molecule has 4 heteroatoms. The number of hydrogen-bond acceptors (Lipinski definition) is 2. The van der Waals surface area contributed by atoms with Gasteiger partial charge in [-0.2, -0.15) is 0 Å². The third-order valence-corrected chi connectivity index (χ3v) is 4.64. The van der Waals surface area contributed by atoms with Crippen LogP contribution in [0.5, 0.6) is 0 Å². The summed E-state index contributed by atoms with van der Waals surface area (Å²) in [6.45, 7) is 4.46. The SMILES string of the molecule is C=CCSc1ccccc1NCc1ccc(Br)cc1Cl. The van der Waals surface area contributed by atoms with E-state index >= 15 is 0 Å². The molecule has 0 radical (unpaired) electrons. The first-order chi connectivity index (χ1) is 9.70. The van der Waals surface area contributed by atoms with Gasteiger partial charge in [0.15, 0.2) is 0 Å². The molecular formula is C16H15BrClNS. The molecule has 0 spiro atoms. The monoisotopic (exact) mass is 367 g/mol. The predicted molar refractivity (Wildman–Crippen MR) is 93.8 cm³/mol. The van der Waals surface area contributed by atoms with E-state index in [0.29, 0.717) is 6.54 Å². The molecule has 0 saturated heterocycles. The van der Waals surface area contributed by atoms with E-state index in [0.717, 1.165) is 26.5 Å². The second-order valence-electron chi connectivity index (χ2n) is 4.19. The van der Waals surface area contributed by atoms with Crippen molar-refractivity contribution in [2.45, 2.75) is 11.4 Å². The Balaban J connectivity index is 2.08. The van der Waals surface area contributed by atoms with Crippen molar-refractivity contribution in [2.24, 2.45) is 0 Å². The Morgan fingerprint density at radius 2 is 2.05 bits per heavy atom. The minimum absolute atomic E-state index is 0.706. The van der Waals surface area contributed by atoms with Crippen molar-refractivity contribution in [1.29, 1.82) is 0 Å². The van der Waals surface area contributed by atoms with Gasteiger partial charge in [0, 0.05) is 32.4 Å². The van der Waals surface area contributed by atoms with Crippen molar-refractivity contribution in [2.75, 3.05) is 11.1 Å². The highest BCUT2D eigenvalue weighted by atomic mass is 79.9. The summed E-state index contributed by atoms with van der Waals surface area (Å²) in [4.78, 5) is 1.22. The van der Waals surface area contributed by atoms with Crippen molar-refractivity contribution in [3.05, 3.63) is 70.2 Å². The Bertz CT molecular complexity index is 601. The number of halogens is 2. The van der Waals surface area contributed by atoms with E-state index in [2.05, 4.69) is 40.0 Å². The van der Waals surface area contributed by atoms with E-state index in [4.69, 9.17) is 11.6 Å². The zero-order valence-corrected chi connectivity index (χ0v) is 14.1. The lowest BCUT2D eigenvalue weighted by Gasteiger charge is -2.12. The molecule has 0 bridgehead atoms. The molecule has 0 fully saturated rings. The molecule has 2 aromatic rings. The van der Waals surface area contributed by atoms with Gasteiger partial charge < -0.3 is 5.32 Å². The third-order valence-electron chi connectivity index (χ3n) is 2.73. The molecule has 0 aliphatic carbocycles. The summed E-state index contributed by atoms with van der Waals surface area (Å²) in [6.07, 6.45) is 1.91. The summed E-state index contributed by atoms with van der Waals surface area (Å²) >= 11 is 11.4. The lowest BCUT2D eigenvalue weighted by atomic mass is 10.2. The van der Waals surface area contributed by atoms with Gasteiger partial charge in [-0.3, -0.25) is 0 Å². The van der Waals surface area contributed by atoms with Crippen LogP contribution in [0.1, 0.15) is 5.56 Å². The summed E-state index contributed by atoms with van der Waals surface area (Å²) in [7, 11) is 0. The average molecular weight is 369 g/mol. The van der Waals surface area contributed by atoms with Crippen molar-refractivity contribution in [3.8, 4) is 0 Å². The molecule has 0 amide bonds. The lowest BCUT2D eigenvalue weighted by Crippen LogP contribution is -2.01. The van der Waals surface area contributed by atoms with Crippen molar-refractivity contribution in [1.82, 2.24) is 0 Å². The van der Waals surface area contributed by atoms with Crippen molar-refractivity contribution >= 4 is 45.0 Å². The first kappa shape index (κ1) is 15.5. The van der Waals surface area contributed by atoms with E-state index in [1.54, 1.807) is 11.8 Å². The van der Waals surface area contributed by atoms with Gasteiger partial charge in [-0.05, 0) is 29.8 Å². The highest BCUT2D eigenvalue weighted by Crippen LogP contribution is 2.28. The summed E-state index contributed by atoms with van der Waals surface area (Å²) in [5, 5.41) is 4.21. The smallest absolute Gasteiger partial charge is 0.0481 e. The van der Waals surface area contributed by atoms with Crippen LogP contribution in [0, 0.1) is 0 Å². The van der Waals surface area contributed by atoms with Gasteiger partial charge >= 0.3 is 0 Å². The van der Waals surface area contributed by atoms with E-state index in [9.17, 15) is 0 Å². The summed E-state index contributed by atoms with van der Waals surface area (Å²) in [5.74, 6) is 0.901. The highest BCUT2D eigenvalue weighted by molar-refractivity contribution is 9.10. The standard InChI is InChI=1S/C16H15BrClNS/c1-2-9-20-16-6-4-3-5-15(16)19-11-12-7-8-13(17)10-14(12)18/h2-8,10,19H,1,9,11H2. The third kappa shape index (κ3) is 4.30. The first-order valence-corrected chi connectivity index (χ1v) is 8.37. The van der Waals surface area contributed by atoms with Crippen LogP contribution >= 0.6 is 39.3 Å². The summed E-state index contributed by atoms with van der Waals surface area (Å²) < 4.78 is 0.994. The second-order valence-corrected chi connectivity index (χ2v) is 6.57. The summed E-state index contributed by atoms with van der Waals surface area (Å²) in [5.41, 5.74) is 2.21. The van der Waals surface area contributed by atoms with Gasteiger partial charge in [-0.15, -0.1) is 18.3 Å². The highest BCUT2D eigenvalue weighted by Gasteiger charge is 2.04. The number of thioether (sulfide) groups is 1. The molecule has 104 valence electrons. The first-order valence-electron chi connectivity index (χ1n) is 6.21. The molecule has 2 aromatic carbocycles. The number of nitrogens with one attached hydrogen (secondary N) is 1. The molecule has 0 aliphatic rings. The number of para-hydroxylation sites is 1. The number of anilines is 1. The fourth-order valence-electron chi connectivity index (χ4n) is 1.74. The Morgan fingerprint density at radius 3 is 2.80 bits per heavy atom. The van der Waals surface area contributed by atoms with Gasteiger partial charge in [-0.1, -0.05) is 51.8 Å². The Kier molecular flexibility index (Phi) is 6.02. The number of benzene rings is 2. The van der Waals surface area contributed by atoms with Crippen LogP contribution in [0.4, 0.5) is 5.69 Å². The van der Waals surface area contributed by atoms with Gasteiger partial charge in [-0.25, -0.2) is 0 Å². The van der Waals surface area contributed by atoms with Crippen molar-refractivity contribution < 1.29 is 0 Å². The lowest BCUT2D eigenvalue weighted by molar-refractivity contribution is 1.13. The Labute approximate surface area is 137 Å². The van der Waals surface area contributed by atoms with Crippen molar-refractivity contribution in [3.63, 3.8) is 0 Å². The maximum Gasteiger partial charge on any atom is 0.0481 e. The molecule has 2 rings (SSSR count). The minimum atomic E-state index is 0.706. The molecule has 0 heterocycles. The summed E-state index contributed by atoms with van der Waals surface area (Å²) in [6, 6.07) is 14.2. The number of hydrogen-bond donors (Lipinski definition) is 1. The van der Waals surface area contributed by atoms with Gasteiger partial charge in [0.05, 0.1) is 0 Å². The zero-order valence-electron chi connectivity index (χ0n) is 10.9. The predicted octanol–water partition coefficient (Wildman–Crippen LogP) is 5.99. The van der Waals surface area contributed by atoms with E-state index < -0.39 is 0 Å². The fourth-order valence-corrected chi connectivity index (χ4v) is 3.25. The topological polar surface area (TPSA) is 12.0 Å². The van der Waals surface area contributed by atoms with Crippen LogP contribution in [0.25, 0.3) is 0 Å². The van der Waals surface area contributed by atoms with E-state index in [-0.39, 0.29) is 0 Å². The van der Waals surface area contributed by atoms with E-state index in [1.165, 1.54) is 4.90 Å². The van der Waals surface area contributed by atoms with Gasteiger partial charge in [0.25, 0.3) is 0 Å². The van der Waals surface area contributed by atoms with Crippen LogP contribution in [-0.2, 0) is 6.54 Å². The molecule has 0 aliphatic heterocycles. The average Bonchev–Trinajstić information content (AvgIpc) is 2.45. The van der Waals surface area contributed by atoms with Crippen LogP contribution in [-0.4, -0.2) is 5.75 Å². The van der Waals surface area contributed by atoms with Crippen LogP contribution < -0.4 is 5.32 Å². The molecule has 1 nitrogen and oxygen atoms in total. The molecule has 1 N–H and O–H groups in total. The molecular weight excluding hydrogens is 354 g/mol. The fraction of sp³-hybridized carbons (Fsp3) is 0.125. The maximum absolute atomic E-state index is 6.23. The molecule has 20 heavy (non-hydrogen) atoms. The van der Waals surface area contributed by atoms with Crippen LogP contribution in [0.3, 0.4) is 0 Å². The molecule has 0 saturated carbocycles. The Hall–Kier alpha value is -0.900. The van der Waals surface area contributed by atoms with Gasteiger partial charge in [0.2, 0.25) is 0 Å². The number of rotatable bonds is 6. The normalized spacial score (nSPS) is 10.3. The van der Waals surface area contributed by atoms with Crippen LogP contribution in [0.2, 0.25) is 5.02 Å². The largest absolute Gasteiger partial charge is 0.380 e.